The van der Waals surface area contributed by atoms with Crippen LogP contribution in [0.15, 0.2) is 47.9 Å². The van der Waals surface area contributed by atoms with Crippen molar-refractivity contribution in [2.75, 3.05) is 11.9 Å². The number of hydrogen-bond donors (Lipinski definition) is 4. The van der Waals surface area contributed by atoms with Crippen molar-refractivity contribution in [1.29, 1.82) is 0 Å². The number of aliphatic hydroxyl groups excluding tert-OH is 1. The van der Waals surface area contributed by atoms with Crippen LogP contribution >= 0.6 is 11.3 Å². The molecule has 2 aromatic rings. The van der Waals surface area contributed by atoms with E-state index in [1.54, 1.807) is 6.92 Å². The zero-order valence-corrected chi connectivity index (χ0v) is 26.5. The van der Waals surface area contributed by atoms with Crippen LogP contribution in [0.2, 0.25) is 0 Å². The Morgan fingerprint density at radius 2 is 1.93 bits per heavy atom. The number of sulfonamides is 1. The summed E-state index contributed by atoms with van der Waals surface area (Å²) in [5.41, 5.74) is 7.32. The molecule has 5 rings (SSSR count). The van der Waals surface area contributed by atoms with Crippen LogP contribution in [-0.4, -0.2) is 70.6 Å². The Kier molecular flexibility index (Phi) is 9.76. The molecule has 5 N–H and O–H groups in total. The second kappa shape index (κ2) is 13.4. The number of aromatic nitrogens is 1. The number of nitrogens with one attached hydrogen (secondary N) is 2. The highest BCUT2D eigenvalue weighted by molar-refractivity contribution is 7.91. The number of amides is 3. The van der Waals surface area contributed by atoms with E-state index in [2.05, 4.69) is 15.0 Å². The van der Waals surface area contributed by atoms with Gasteiger partial charge in [0.1, 0.15) is 12.1 Å². The maximum Gasteiger partial charge on any atom is 0.245 e. The number of thiazole rings is 1. The molecule has 3 fully saturated rings. The van der Waals surface area contributed by atoms with Crippen LogP contribution in [0.4, 0.5) is 5.13 Å². The number of nitrogens with two attached hydrogens (primary N) is 1. The van der Waals surface area contributed by atoms with E-state index >= 15 is 0 Å². The lowest BCUT2D eigenvalue weighted by atomic mass is 10.0. The molecule has 1 aliphatic heterocycles. The summed E-state index contributed by atoms with van der Waals surface area (Å²) in [5.74, 6) is -1.54. The van der Waals surface area contributed by atoms with Gasteiger partial charge >= 0.3 is 0 Å². The van der Waals surface area contributed by atoms with Crippen LogP contribution in [0.3, 0.4) is 0 Å². The number of carbonyl (C=O) groups excluding carboxylic acids is 3. The molecule has 11 nitrogen and oxygen atoms in total. The van der Waals surface area contributed by atoms with Gasteiger partial charge in [0.2, 0.25) is 27.7 Å². The summed E-state index contributed by atoms with van der Waals surface area (Å²) in [4.78, 5) is 44.0. The normalized spacial score (nSPS) is 24.6. The highest BCUT2D eigenvalue weighted by atomic mass is 32.2. The fourth-order valence-electron chi connectivity index (χ4n) is 5.58. The van der Waals surface area contributed by atoms with Gasteiger partial charge in [-0.25, -0.2) is 13.4 Å². The summed E-state index contributed by atoms with van der Waals surface area (Å²) in [7, 11) is -3.60. The van der Waals surface area contributed by atoms with E-state index in [1.165, 1.54) is 16.2 Å². The van der Waals surface area contributed by atoms with E-state index in [-0.39, 0.29) is 30.7 Å². The van der Waals surface area contributed by atoms with Gasteiger partial charge in [0, 0.05) is 29.8 Å². The molecule has 1 saturated heterocycles. The van der Waals surface area contributed by atoms with Crippen molar-refractivity contribution < 1.29 is 27.9 Å². The van der Waals surface area contributed by atoms with Gasteiger partial charge in [-0.3, -0.25) is 19.1 Å². The van der Waals surface area contributed by atoms with E-state index in [9.17, 15) is 27.9 Å². The Bertz CT molecular complexity index is 1490. The number of carbonyl (C=O) groups is 3. The maximum atomic E-state index is 13.6. The number of anilines is 1. The molecule has 5 atom stereocenters. The van der Waals surface area contributed by atoms with Crippen molar-refractivity contribution >= 4 is 44.2 Å². The van der Waals surface area contributed by atoms with Crippen LogP contribution in [0.1, 0.15) is 64.7 Å². The molecule has 1 aromatic carbocycles. The Morgan fingerprint density at radius 1 is 1.18 bits per heavy atom. The van der Waals surface area contributed by atoms with E-state index in [4.69, 9.17) is 5.73 Å². The second-order valence-corrected chi connectivity index (χ2v) is 15.4. The molecule has 0 radical (unpaired) electrons. The summed E-state index contributed by atoms with van der Waals surface area (Å²) >= 11 is 1.40. The predicted molar refractivity (Wildman–Crippen MR) is 169 cm³/mol. The first-order valence-electron chi connectivity index (χ1n) is 15.3. The van der Waals surface area contributed by atoms with Gasteiger partial charge < -0.3 is 21.1 Å². The topological polar surface area (TPSA) is 172 Å². The number of nitrogens with zero attached hydrogens (tertiary/aromatic N) is 2. The van der Waals surface area contributed by atoms with Gasteiger partial charge in [0.25, 0.3) is 0 Å². The van der Waals surface area contributed by atoms with Gasteiger partial charge in [-0.15, -0.1) is 11.3 Å². The number of aliphatic hydroxyl groups is 1. The average molecular weight is 644 g/mol. The minimum Gasteiger partial charge on any atom is -0.391 e. The van der Waals surface area contributed by atoms with Gasteiger partial charge in [-0.05, 0) is 51.4 Å². The lowest BCUT2D eigenvalue weighted by Gasteiger charge is -2.27. The molecule has 13 heteroatoms. The standard InChI is InChI=1S/C31H41N5O6S2/c1-31(14-15-31)44(41,42)35-28(39)23-16-21(23)12-6-3-2-4-9-13-24(29(40)36-18-22(37)17-26(36)27(32)38)33-30-34-25(19-43-30)20-10-7-5-8-11-20/h5-8,10-12,19,21-24,26,37H,2-4,9,13-18H2,1H3,(H2,32,38)(H,33,34)(H,35,39). The molecule has 2 aliphatic carbocycles. The summed E-state index contributed by atoms with van der Waals surface area (Å²) < 4.78 is 26.1. The molecule has 0 bridgehead atoms. The molecule has 2 heterocycles. The molecule has 3 aliphatic rings. The van der Waals surface area contributed by atoms with Crippen LogP contribution in [0.5, 0.6) is 0 Å². The van der Waals surface area contributed by atoms with E-state index in [0.717, 1.165) is 36.9 Å². The number of likely N-dealkylation sites (tertiary alicyclic amines) is 1. The van der Waals surface area contributed by atoms with E-state index < -0.39 is 44.8 Å². The Balaban J connectivity index is 1.11. The summed E-state index contributed by atoms with van der Waals surface area (Å²) in [6.07, 6.45) is 9.02. The van der Waals surface area contributed by atoms with Crippen molar-refractivity contribution in [1.82, 2.24) is 14.6 Å². The molecule has 2 saturated carbocycles. The smallest absolute Gasteiger partial charge is 0.245 e. The lowest BCUT2D eigenvalue weighted by molar-refractivity contribution is -0.138. The first kappa shape index (κ1) is 32.1. The Hall–Kier alpha value is -3.29. The zero-order chi connectivity index (χ0) is 31.5. The number of hydrogen-bond acceptors (Lipinski definition) is 9. The summed E-state index contributed by atoms with van der Waals surface area (Å²) in [5, 5.41) is 16.0. The first-order valence-corrected chi connectivity index (χ1v) is 17.6. The summed E-state index contributed by atoms with van der Waals surface area (Å²) in [6, 6.07) is 8.28. The van der Waals surface area contributed by atoms with Crippen molar-refractivity contribution in [3.05, 3.63) is 47.9 Å². The maximum absolute atomic E-state index is 13.6. The largest absolute Gasteiger partial charge is 0.391 e. The first-order chi connectivity index (χ1) is 21.0. The van der Waals surface area contributed by atoms with Crippen LogP contribution in [0, 0.1) is 11.8 Å². The quantitative estimate of drug-likeness (QED) is 0.169. The molecular formula is C31H41N5O6S2. The number of allylic oxidation sites excluding steroid dienone is 2. The monoisotopic (exact) mass is 643 g/mol. The molecule has 238 valence electrons. The van der Waals surface area contributed by atoms with Crippen LogP contribution in [0.25, 0.3) is 11.3 Å². The van der Waals surface area contributed by atoms with Crippen molar-refractivity contribution in [3.8, 4) is 11.3 Å². The highest BCUT2D eigenvalue weighted by Crippen LogP contribution is 2.44. The van der Waals surface area contributed by atoms with E-state index in [1.807, 2.05) is 47.9 Å². The Labute approximate surface area is 262 Å². The third kappa shape index (κ3) is 7.67. The number of rotatable bonds is 15. The fourth-order valence-corrected chi connectivity index (χ4v) is 7.65. The highest BCUT2D eigenvalue weighted by Gasteiger charge is 2.52. The summed E-state index contributed by atoms with van der Waals surface area (Å²) in [6.45, 7) is 1.73. The van der Waals surface area contributed by atoms with E-state index in [0.29, 0.717) is 30.8 Å². The molecule has 44 heavy (non-hydrogen) atoms. The SMILES string of the molecule is CC1(S(=O)(=O)NC(=O)C2CC2C=CCCCCCC(Nc2nc(-c3ccccc3)cs2)C(=O)N2CC(O)CC2C(N)=O)CC1. The Morgan fingerprint density at radius 3 is 2.64 bits per heavy atom. The zero-order valence-electron chi connectivity index (χ0n) is 24.9. The molecule has 0 spiro atoms. The number of benzene rings is 1. The van der Waals surface area contributed by atoms with Gasteiger partial charge in [-0.2, -0.15) is 0 Å². The van der Waals surface area contributed by atoms with Gasteiger partial charge in [-0.1, -0.05) is 55.3 Å². The molecular weight excluding hydrogens is 603 g/mol. The average Bonchev–Trinajstić information content (AvgIpc) is 3.85. The third-order valence-electron chi connectivity index (χ3n) is 8.82. The second-order valence-electron chi connectivity index (χ2n) is 12.4. The van der Waals surface area contributed by atoms with Gasteiger partial charge in [0.05, 0.1) is 16.5 Å². The molecule has 5 unspecified atom stereocenters. The van der Waals surface area contributed by atoms with Crippen molar-refractivity contribution in [2.45, 2.75) is 87.6 Å². The fraction of sp³-hybridized carbons (Fsp3) is 0.548. The molecule has 1 aromatic heterocycles. The van der Waals surface area contributed by atoms with Gasteiger partial charge in [0.15, 0.2) is 5.13 Å². The third-order valence-corrected chi connectivity index (χ3v) is 11.8. The number of β-amino-alcohol motifs (C(OH)–C–C–N with tert-alkyl or cyclic N) is 1. The van der Waals surface area contributed by atoms with Crippen LogP contribution < -0.4 is 15.8 Å². The minimum atomic E-state index is -3.60. The van der Waals surface area contributed by atoms with Crippen molar-refractivity contribution in [2.24, 2.45) is 17.6 Å². The lowest BCUT2D eigenvalue weighted by Crippen LogP contribution is -2.49. The number of primary amides is 1. The molecule has 3 amide bonds. The number of unbranched alkanes of at least 4 members (excludes halogenated alkanes) is 3. The minimum absolute atomic E-state index is 0.0635. The van der Waals surface area contributed by atoms with Crippen molar-refractivity contribution in [3.63, 3.8) is 0 Å². The predicted octanol–water partition coefficient (Wildman–Crippen LogP) is 3.18. The van der Waals surface area contributed by atoms with Crippen LogP contribution in [-0.2, 0) is 24.4 Å².